The largest absolute Gasteiger partial charge is 0.495 e. The fourth-order valence-electron chi connectivity index (χ4n) is 2.95. The van der Waals surface area contributed by atoms with Crippen LogP contribution in [0.15, 0.2) is 23.6 Å². The summed E-state index contributed by atoms with van der Waals surface area (Å²) >= 11 is 1.32. The summed E-state index contributed by atoms with van der Waals surface area (Å²) in [4.78, 5) is 42.4. The van der Waals surface area contributed by atoms with Crippen LogP contribution < -0.4 is 15.0 Å². The molecule has 2 heterocycles. The van der Waals surface area contributed by atoms with Crippen molar-refractivity contribution in [2.75, 3.05) is 23.9 Å². The van der Waals surface area contributed by atoms with E-state index in [0.29, 0.717) is 35.2 Å². The van der Waals surface area contributed by atoms with Crippen molar-refractivity contribution in [3.63, 3.8) is 0 Å². The summed E-state index contributed by atoms with van der Waals surface area (Å²) in [5.41, 5.74) is 1.99. The molecule has 1 aliphatic rings. The van der Waals surface area contributed by atoms with Gasteiger partial charge in [0, 0.05) is 18.3 Å². The summed E-state index contributed by atoms with van der Waals surface area (Å²) in [5, 5.41) is 5.04. The van der Waals surface area contributed by atoms with E-state index in [1.807, 2.05) is 13.0 Å². The molecule has 1 N–H and O–H groups in total. The van der Waals surface area contributed by atoms with E-state index < -0.39 is 18.0 Å². The van der Waals surface area contributed by atoms with Crippen molar-refractivity contribution in [1.82, 2.24) is 4.98 Å². The molecule has 3 rings (SSSR count). The van der Waals surface area contributed by atoms with Crippen LogP contribution in [0.3, 0.4) is 0 Å². The highest BCUT2D eigenvalue weighted by atomic mass is 32.1. The first-order chi connectivity index (χ1) is 13.9. The Labute approximate surface area is 172 Å². The van der Waals surface area contributed by atoms with E-state index in [-0.39, 0.29) is 12.3 Å². The number of hydrogen-bond donors (Lipinski definition) is 1. The number of anilines is 2. The first-order valence-corrected chi connectivity index (χ1v) is 10.1. The number of aryl methyl sites for hydroxylation is 1. The second-order valence-corrected chi connectivity index (χ2v) is 7.61. The molecule has 1 aromatic carbocycles. The number of carbonyl (C=O) groups is 3. The van der Waals surface area contributed by atoms with Crippen molar-refractivity contribution in [2.24, 2.45) is 0 Å². The number of esters is 1. The fourth-order valence-corrected chi connectivity index (χ4v) is 3.81. The minimum atomic E-state index is -0.981. The van der Waals surface area contributed by atoms with E-state index in [9.17, 15) is 14.4 Å². The molecular formula is C20H23N3O5S. The molecule has 1 aromatic heterocycles. The van der Waals surface area contributed by atoms with Gasteiger partial charge in [0.15, 0.2) is 11.2 Å². The molecule has 9 heteroatoms. The lowest BCUT2D eigenvalue weighted by molar-refractivity contribution is -0.152. The predicted molar refractivity (Wildman–Crippen MR) is 109 cm³/mol. The molecule has 0 unspecified atom stereocenters. The van der Waals surface area contributed by atoms with Crippen LogP contribution in [0.2, 0.25) is 0 Å². The maximum Gasteiger partial charge on any atom is 0.312 e. The lowest BCUT2D eigenvalue weighted by Crippen LogP contribution is -2.30. The Morgan fingerprint density at radius 1 is 1.38 bits per heavy atom. The smallest absolute Gasteiger partial charge is 0.312 e. The summed E-state index contributed by atoms with van der Waals surface area (Å²) in [5.74, 6) is -0.448. The fraction of sp³-hybridized carbons (Fsp3) is 0.400. The Hall–Kier alpha value is -2.94. The highest BCUT2D eigenvalue weighted by Crippen LogP contribution is 2.26. The molecule has 1 atom stereocenters. The zero-order chi connectivity index (χ0) is 21.0. The molecule has 29 heavy (non-hydrogen) atoms. The number of nitrogens with zero attached hydrogens (tertiary/aromatic N) is 2. The topological polar surface area (TPSA) is 97.8 Å². The first-order valence-electron chi connectivity index (χ1n) is 9.27. The summed E-state index contributed by atoms with van der Waals surface area (Å²) < 4.78 is 10.5. The second-order valence-electron chi connectivity index (χ2n) is 6.77. The van der Waals surface area contributed by atoms with Crippen LogP contribution in [0, 0.1) is 6.92 Å². The molecule has 2 amide bonds. The van der Waals surface area contributed by atoms with Crippen LogP contribution in [0.25, 0.3) is 0 Å². The van der Waals surface area contributed by atoms with Crippen molar-refractivity contribution in [2.45, 2.75) is 39.2 Å². The number of ether oxygens (including phenoxy) is 2. The normalized spacial score (nSPS) is 14.6. The van der Waals surface area contributed by atoms with Gasteiger partial charge in [-0.15, -0.1) is 11.3 Å². The molecule has 1 fully saturated rings. The van der Waals surface area contributed by atoms with Gasteiger partial charge >= 0.3 is 5.97 Å². The minimum Gasteiger partial charge on any atom is -0.495 e. The summed E-state index contributed by atoms with van der Waals surface area (Å²) in [6, 6.07) is 5.41. The van der Waals surface area contributed by atoms with Crippen LogP contribution in [0.4, 0.5) is 10.8 Å². The van der Waals surface area contributed by atoms with Crippen molar-refractivity contribution in [3.8, 4) is 5.75 Å². The molecule has 154 valence electrons. The number of amides is 2. The SMILES string of the molecule is COc1ccc(C)cc1NC(=O)[C@H](C)OC(=O)Cc1csc(N2CCCC2=O)n1. The molecule has 0 aliphatic carbocycles. The van der Waals surface area contributed by atoms with E-state index >= 15 is 0 Å². The molecule has 0 spiro atoms. The van der Waals surface area contributed by atoms with E-state index in [1.54, 1.807) is 22.4 Å². The van der Waals surface area contributed by atoms with Gasteiger partial charge in [0.25, 0.3) is 5.91 Å². The lowest BCUT2D eigenvalue weighted by Gasteiger charge is -2.15. The average Bonchev–Trinajstić information content (AvgIpc) is 3.30. The van der Waals surface area contributed by atoms with Gasteiger partial charge in [-0.2, -0.15) is 0 Å². The minimum absolute atomic E-state index is 0.0466. The Kier molecular flexibility index (Phi) is 6.48. The van der Waals surface area contributed by atoms with Crippen molar-refractivity contribution in [3.05, 3.63) is 34.8 Å². The number of methoxy groups -OCH3 is 1. The number of nitrogens with one attached hydrogen (secondary N) is 1. The molecule has 8 nitrogen and oxygen atoms in total. The van der Waals surface area contributed by atoms with E-state index in [0.717, 1.165) is 12.0 Å². The summed E-state index contributed by atoms with van der Waals surface area (Å²) in [6.07, 6.45) is 0.291. The standard InChI is InChI=1S/C20H23N3O5S/c1-12-6-7-16(27-3)15(9-12)22-19(26)13(2)28-18(25)10-14-11-29-20(21-14)23-8-4-5-17(23)24/h6-7,9,11,13H,4-5,8,10H2,1-3H3,(H,22,26)/t13-/m0/s1. The number of thiazole rings is 1. The second kappa shape index (κ2) is 9.04. The zero-order valence-electron chi connectivity index (χ0n) is 16.6. The maximum atomic E-state index is 12.4. The third-order valence-corrected chi connectivity index (χ3v) is 5.37. The molecule has 0 bridgehead atoms. The number of hydrogen-bond acceptors (Lipinski definition) is 7. The monoisotopic (exact) mass is 417 g/mol. The van der Waals surface area contributed by atoms with E-state index in [2.05, 4.69) is 10.3 Å². The van der Waals surface area contributed by atoms with Gasteiger partial charge in [0.2, 0.25) is 5.91 Å². The predicted octanol–water partition coefficient (Wildman–Crippen LogP) is 2.70. The highest BCUT2D eigenvalue weighted by molar-refractivity contribution is 7.14. The Balaban J connectivity index is 1.55. The van der Waals surface area contributed by atoms with Crippen molar-refractivity contribution >= 4 is 39.9 Å². The third-order valence-electron chi connectivity index (χ3n) is 4.46. The molecular weight excluding hydrogens is 394 g/mol. The summed E-state index contributed by atoms with van der Waals surface area (Å²) in [6.45, 7) is 4.05. The summed E-state index contributed by atoms with van der Waals surface area (Å²) in [7, 11) is 1.52. The van der Waals surface area contributed by atoms with Gasteiger partial charge in [0.05, 0.1) is 24.9 Å². The van der Waals surface area contributed by atoms with Crippen LogP contribution >= 0.6 is 11.3 Å². The van der Waals surface area contributed by atoms with Crippen molar-refractivity contribution in [1.29, 1.82) is 0 Å². The van der Waals surface area contributed by atoms with Gasteiger partial charge in [-0.3, -0.25) is 19.3 Å². The maximum absolute atomic E-state index is 12.4. The van der Waals surface area contributed by atoms with Crippen LogP contribution in [0.1, 0.15) is 31.0 Å². The molecule has 2 aromatic rings. The highest BCUT2D eigenvalue weighted by Gasteiger charge is 2.25. The number of carbonyl (C=O) groups excluding carboxylic acids is 3. The average molecular weight is 417 g/mol. The zero-order valence-corrected chi connectivity index (χ0v) is 17.4. The molecule has 0 saturated carbocycles. The van der Waals surface area contributed by atoms with Crippen molar-refractivity contribution < 1.29 is 23.9 Å². The Morgan fingerprint density at radius 3 is 2.86 bits per heavy atom. The number of benzene rings is 1. The Bertz CT molecular complexity index is 927. The molecule has 1 saturated heterocycles. The Morgan fingerprint density at radius 2 is 2.17 bits per heavy atom. The number of rotatable bonds is 7. The lowest BCUT2D eigenvalue weighted by atomic mass is 10.2. The van der Waals surface area contributed by atoms with E-state index in [1.165, 1.54) is 25.4 Å². The van der Waals surface area contributed by atoms with Crippen LogP contribution in [-0.4, -0.2) is 42.5 Å². The van der Waals surface area contributed by atoms with E-state index in [4.69, 9.17) is 9.47 Å². The van der Waals surface area contributed by atoms with Gasteiger partial charge < -0.3 is 14.8 Å². The molecule has 0 radical (unpaired) electrons. The van der Waals surface area contributed by atoms with Gasteiger partial charge in [0.1, 0.15) is 5.75 Å². The van der Waals surface area contributed by atoms with Gasteiger partial charge in [-0.05, 0) is 38.0 Å². The van der Waals surface area contributed by atoms with Gasteiger partial charge in [-0.1, -0.05) is 6.07 Å². The number of aromatic nitrogens is 1. The van der Waals surface area contributed by atoms with Crippen LogP contribution in [-0.2, 0) is 25.5 Å². The van der Waals surface area contributed by atoms with Gasteiger partial charge in [-0.25, -0.2) is 4.98 Å². The first kappa shape index (κ1) is 20.8. The third kappa shape index (κ3) is 5.11. The molecule has 1 aliphatic heterocycles. The van der Waals surface area contributed by atoms with Crippen LogP contribution in [0.5, 0.6) is 5.75 Å². The quantitative estimate of drug-likeness (QED) is 0.696.